The van der Waals surface area contributed by atoms with Gasteiger partial charge in [-0.25, -0.2) is 9.59 Å². The highest BCUT2D eigenvalue weighted by atomic mass is 16.5. The molecule has 0 amide bonds. The number of hydrogen-bond donors (Lipinski definition) is 0. The Morgan fingerprint density at radius 1 is 0.611 bits per heavy atom. The Kier molecular flexibility index (Phi) is 11.9. The molecule has 0 aliphatic heterocycles. The number of rotatable bonds is 10. The quantitative estimate of drug-likeness (QED) is 0.210. The summed E-state index contributed by atoms with van der Waals surface area (Å²) >= 11 is 0. The first-order valence-corrected chi connectivity index (χ1v) is 12.9. The van der Waals surface area contributed by atoms with Gasteiger partial charge in [0.2, 0.25) is 0 Å². The average molecular weight is 483 g/mol. The number of ether oxygens (including phenoxy) is 2. The summed E-state index contributed by atoms with van der Waals surface area (Å²) in [7, 11) is 0. The van der Waals surface area contributed by atoms with Gasteiger partial charge in [-0.3, -0.25) is 0 Å². The maximum absolute atomic E-state index is 11.9. The highest BCUT2D eigenvalue weighted by Gasteiger charge is 2.09. The number of esters is 2. The standard InChI is InChI=1S/C32H34O4/c33-31(29-21-9-5-10-22-29)35-25-15-3-1-7-17-27-19-13-14-20-28(27)18-8-2-4-16-26-36-32(34)30-23-11-6-12-24-30/h5-6,9-12,21-24H,1-4,13-16,19-20,25-26H2. The molecule has 0 spiro atoms. The summed E-state index contributed by atoms with van der Waals surface area (Å²) in [4.78, 5) is 23.9. The van der Waals surface area contributed by atoms with E-state index in [-0.39, 0.29) is 11.9 Å². The number of hydrogen-bond acceptors (Lipinski definition) is 4. The molecule has 1 aliphatic rings. The van der Waals surface area contributed by atoms with E-state index in [1.807, 2.05) is 36.4 Å². The van der Waals surface area contributed by atoms with Crippen LogP contribution in [0.1, 0.15) is 84.9 Å². The lowest BCUT2D eigenvalue weighted by atomic mass is 9.92. The van der Waals surface area contributed by atoms with Crippen LogP contribution in [0.3, 0.4) is 0 Å². The van der Waals surface area contributed by atoms with Gasteiger partial charge in [0.1, 0.15) is 0 Å². The van der Waals surface area contributed by atoms with Crippen molar-refractivity contribution < 1.29 is 19.1 Å². The van der Waals surface area contributed by atoms with Gasteiger partial charge in [0.05, 0.1) is 24.3 Å². The van der Waals surface area contributed by atoms with Crippen LogP contribution in [0, 0.1) is 23.7 Å². The molecule has 0 unspecified atom stereocenters. The Morgan fingerprint density at radius 2 is 1.03 bits per heavy atom. The summed E-state index contributed by atoms with van der Waals surface area (Å²) in [6.07, 6.45) is 9.32. The zero-order valence-corrected chi connectivity index (χ0v) is 20.9. The monoisotopic (exact) mass is 482 g/mol. The minimum Gasteiger partial charge on any atom is -0.462 e. The van der Waals surface area contributed by atoms with Crippen LogP contribution in [-0.2, 0) is 9.47 Å². The lowest BCUT2D eigenvalue weighted by Crippen LogP contribution is -2.06. The predicted molar refractivity (Wildman–Crippen MR) is 142 cm³/mol. The van der Waals surface area contributed by atoms with Crippen LogP contribution in [0.2, 0.25) is 0 Å². The van der Waals surface area contributed by atoms with Gasteiger partial charge >= 0.3 is 11.9 Å². The van der Waals surface area contributed by atoms with E-state index in [2.05, 4.69) is 23.7 Å². The van der Waals surface area contributed by atoms with Gasteiger partial charge in [-0.05, 0) is 75.6 Å². The maximum atomic E-state index is 11.9. The Hall–Kier alpha value is -3.76. The number of allylic oxidation sites excluding steroid dienone is 2. The third-order valence-corrected chi connectivity index (χ3v) is 5.82. The molecule has 0 N–H and O–H groups in total. The fraction of sp³-hybridized carbons (Fsp3) is 0.375. The summed E-state index contributed by atoms with van der Waals surface area (Å²) in [5, 5.41) is 0. The first kappa shape index (κ1) is 26.8. The second kappa shape index (κ2) is 16.0. The first-order chi connectivity index (χ1) is 17.7. The zero-order valence-electron chi connectivity index (χ0n) is 20.9. The third-order valence-electron chi connectivity index (χ3n) is 5.82. The molecule has 0 fully saturated rings. The normalized spacial score (nSPS) is 12.6. The highest BCUT2D eigenvalue weighted by molar-refractivity contribution is 5.89. The molecule has 3 rings (SSSR count). The molecule has 4 heteroatoms. The van der Waals surface area contributed by atoms with Gasteiger partial charge in [-0.1, -0.05) is 60.1 Å². The van der Waals surface area contributed by atoms with E-state index in [4.69, 9.17) is 9.47 Å². The van der Waals surface area contributed by atoms with Crippen molar-refractivity contribution >= 4 is 11.9 Å². The van der Waals surface area contributed by atoms with Crippen molar-refractivity contribution in [3.05, 3.63) is 82.9 Å². The predicted octanol–water partition coefficient (Wildman–Crippen LogP) is 6.92. The number of carbonyl (C=O) groups excluding carboxylic acids is 2. The van der Waals surface area contributed by atoms with Gasteiger partial charge in [0.15, 0.2) is 0 Å². The van der Waals surface area contributed by atoms with E-state index >= 15 is 0 Å². The summed E-state index contributed by atoms with van der Waals surface area (Å²) in [5.41, 5.74) is 3.53. The molecule has 2 aromatic carbocycles. The van der Waals surface area contributed by atoms with Crippen molar-refractivity contribution in [2.45, 2.75) is 64.2 Å². The number of unbranched alkanes of at least 4 members (excludes halogenated alkanes) is 4. The minimum absolute atomic E-state index is 0.273. The van der Waals surface area contributed by atoms with Crippen LogP contribution in [0.4, 0.5) is 0 Å². The molecular formula is C32H34O4. The molecule has 1 aliphatic carbocycles. The van der Waals surface area contributed by atoms with Crippen molar-refractivity contribution in [2.24, 2.45) is 0 Å². The molecule has 0 atom stereocenters. The Balaban J connectivity index is 1.32. The van der Waals surface area contributed by atoms with Gasteiger partial charge in [-0.2, -0.15) is 0 Å². The van der Waals surface area contributed by atoms with E-state index in [0.717, 1.165) is 64.2 Å². The molecule has 4 nitrogen and oxygen atoms in total. The molecule has 0 bridgehead atoms. The molecule has 2 aromatic rings. The lowest BCUT2D eigenvalue weighted by molar-refractivity contribution is 0.0489. The Labute approximate surface area is 215 Å². The summed E-state index contributed by atoms with van der Waals surface area (Å²) in [6, 6.07) is 18.1. The molecule has 36 heavy (non-hydrogen) atoms. The highest BCUT2D eigenvalue weighted by Crippen LogP contribution is 2.23. The smallest absolute Gasteiger partial charge is 0.338 e. The van der Waals surface area contributed by atoms with Crippen LogP contribution in [0.25, 0.3) is 0 Å². The number of carbonyl (C=O) groups is 2. The first-order valence-electron chi connectivity index (χ1n) is 12.9. The van der Waals surface area contributed by atoms with Crippen LogP contribution < -0.4 is 0 Å². The van der Waals surface area contributed by atoms with E-state index in [1.165, 1.54) is 11.1 Å². The summed E-state index contributed by atoms with van der Waals surface area (Å²) < 4.78 is 10.6. The molecule has 0 heterocycles. The fourth-order valence-electron chi connectivity index (χ4n) is 3.80. The molecule has 186 valence electrons. The van der Waals surface area contributed by atoms with Crippen LogP contribution in [-0.4, -0.2) is 25.2 Å². The van der Waals surface area contributed by atoms with Crippen molar-refractivity contribution in [3.63, 3.8) is 0 Å². The van der Waals surface area contributed by atoms with Crippen molar-refractivity contribution in [1.82, 2.24) is 0 Å². The van der Waals surface area contributed by atoms with Crippen LogP contribution in [0.15, 0.2) is 71.8 Å². The van der Waals surface area contributed by atoms with E-state index in [1.54, 1.807) is 24.3 Å². The van der Waals surface area contributed by atoms with E-state index < -0.39 is 0 Å². The largest absolute Gasteiger partial charge is 0.462 e. The molecule has 0 aromatic heterocycles. The van der Waals surface area contributed by atoms with Crippen LogP contribution in [0.5, 0.6) is 0 Å². The Bertz CT molecular complexity index is 1030. The summed E-state index contributed by atoms with van der Waals surface area (Å²) in [6.45, 7) is 0.834. The minimum atomic E-state index is -0.273. The lowest BCUT2D eigenvalue weighted by Gasteiger charge is -2.11. The van der Waals surface area contributed by atoms with Gasteiger partial charge in [0.25, 0.3) is 0 Å². The molecular weight excluding hydrogens is 448 g/mol. The van der Waals surface area contributed by atoms with E-state index in [0.29, 0.717) is 24.3 Å². The molecule has 0 saturated heterocycles. The topological polar surface area (TPSA) is 52.6 Å². The van der Waals surface area contributed by atoms with Crippen molar-refractivity contribution in [1.29, 1.82) is 0 Å². The van der Waals surface area contributed by atoms with E-state index in [9.17, 15) is 9.59 Å². The summed E-state index contributed by atoms with van der Waals surface area (Å²) in [5.74, 6) is 12.7. The SMILES string of the molecule is O=C(OCCCCC#CC1=C(C#CCCCCOC(=O)c2ccccc2)CCCC1)c1ccccc1. The Morgan fingerprint density at radius 3 is 1.44 bits per heavy atom. The van der Waals surface area contributed by atoms with Crippen molar-refractivity contribution in [3.8, 4) is 23.7 Å². The van der Waals surface area contributed by atoms with Gasteiger partial charge < -0.3 is 9.47 Å². The van der Waals surface area contributed by atoms with Gasteiger partial charge in [0, 0.05) is 24.0 Å². The number of benzene rings is 2. The maximum Gasteiger partial charge on any atom is 0.338 e. The second-order valence-electron chi connectivity index (χ2n) is 8.69. The molecule has 0 saturated carbocycles. The van der Waals surface area contributed by atoms with Gasteiger partial charge in [-0.15, -0.1) is 0 Å². The van der Waals surface area contributed by atoms with Crippen molar-refractivity contribution in [2.75, 3.05) is 13.2 Å². The average Bonchev–Trinajstić information content (AvgIpc) is 2.93. The second-order valence-corrected chi connectivity index (χ2v) is 8.69. The zero-order chi connectivity index (χ0) is 25.3. The third kappa shape index (κ3) is 9.85. The van der Waals surface area contributed by atoms with Crippen LogP contribution >= 0.6 is 0 Å². The fourth-order valence-corrected chi connectivity index (χ4v) is 3.80. The molecule has 0 radical (unpaired) electrons.